The van der Waals surface area contributed by atoms with Gasteiger partial charge in [-0.1, -0.05) is 26.8 Å². The number of hydrogen-bond donors (Lipinski definition) is 1. The monoisotopic (exact) mass is 274 g/mol. The van der Waals surface area contributed by atoms with Crippen LogP contribution >= 0.6 is 0 Å². The van der Waals surface area contributed by atoms with Gasteiger partial charge in [-0.3, -0.25) is 0 Å². The van der Waals surface area contributed by atoms with Crippen LogP contribution < -0.4 is 0 Å². The number of imidazole rings is 1. The molecule has 0 aliphatic rings. The number of carboxylic acids is 1. The molecule has 0 amide bonds. The number of rotatable bonds is 5. The molecule has 0 spiro atoms. The average molecular weight is 274 g/mol. The van der Waals surface area contributed by atoms with Crippen molar-refractivity contribution in [3.8, 4) is 0 Å². The fourth-order valence-electron chi connectivity index (χ4n) is 2.73. The molecule has 0 saturated carbocycles. The van der Waals surface area contributed by atoms with Crippen LogP contribution in [0.5, 0.6) is 0 Å². The SMILES string of the molecule is CCc1nc2c(C(=O)O)cccc2n1C(C)(CC)CC. The predicted molar refractivity (Wildman–Crippen MR) is 80.3 cm³/mol. The summed E-state index contributed by atoms with van der Waals surface area (Å²) < 4.78 is 2.23. The lowest BCUT2D eigenvalue weighted by molar-refractivity contribution is 0.0699. The molecule has 0 aliphatic heterocycles. The van der Waals surface area contributed by atoms with E-state index in [0.29, 0.717) is 5.52 Å². The van der Waals surface area contributed by atoms with Crippen LogP contribution in [0.1, 0.15) is 56.7 Å². The van der Waals surface area contributed by atoms with Crippen LogP contribution in [0.15, 0.2) is 18.2 Å². The Labute approximate surface area is 119 Å². The van der Waals surface area contributed by atoms with E-state index in [2.05, 4.69) is 37.2 Å². The van der Waals surface area contributed by atoms with Crippen molar-refractivity contribution in [2.45, 2.75) is 52.5 Å². The standard InChI is InChI=1S/C16H22N2O2/c1-5-13-17-14-11(15(19)20)9-8-10-12(14)18(13)16(4,6-2)7-3/h8-10H,5-7H2,1-4H3,(H,19,20). The van der Waals surface area contributed by atoms with E-state index >= 15 is 0 Å². The fourth-order valence-corrected chi connectivity index (χ4v) is 2.73. The predicted octanol–water partition coefficient (Wildman–Crippen LogP) is 3.83. The van der Waals surface area contributed by atoms with Crippen molar-refractivity contribution < 1.29 is 9.90 Å². The van der Waals surface area contributed by atoms with Crippen molar-refractivity contribution >= 4 is 17.0 Å². The minimum absolute atomic E-state index is 0.0305. The van der Waals surface area contributed by atoms with E-state index < -0.39 is 5.97 Å². The molecule has 0 radical (unpaired) electrons. The highest BCUT2D eigenvalue weighted by Gasteiger charge is 2.28. The van der Waals surface area contributed by atoms with Gasteiger partial charge in [-0.05, 0) is 31.9 Å². The zero-order valence-electron chi connectivity index (χ0n) is 12.6. The smallest absolute Gasteiger partial charge is 0.337 e. The maximum absolute atomic E-state index is 11.4. The van der Waals surface area contributed by atoms with Crippen LogP contribution in [0.2, 0.25) is 0 Å². The molecule has 4 heteroatoms. The maximum Gasteiger partial charge on any atom is 0.337 e. The van der Waals surface area contributed by atoms with Gasteiger partial charge in [-0.25, -0.2) is 9.78 Å². The number of carboxylic acid groups (broad SMARTS) is 1. The third-order valence-electron chi connectivity index (χ3n) is 4.36. The molecule has 2 rings (SSSR count). The van der Waals surface area contributed by atoms with Crippen molar-refractivity contribution in [1.29, 1.82) is 0 Å². The zero-order chi connectivity index (χ0) is 14.9. The van der Waals surface area contributed by atoms with E-state index in [4.69, 9.17) is 0 Å². The van der Waals surface area contributed by atoms with E-state index in [-0.39, 0.29) is 11.1 Å². The van der Waals surface area contributed by atoms with Crippen LogP contribution in [-0.4, -0.2) is 20.6 Å². The van der Waals surface area contributed by atoms with Crippen LogP contribution in [0, 0.1) is 0 Å². The van der Waals surface area contributed by atoms with Gasteiger partial charge < -0.3 is 9.67 Å². The third kappa shape index (κ3) is 2.09. The second-order valence-corrected chi connectivity index (χ2v) is 5.40. The molecule has 4 nitrogen and oxygen atoms in total. The van der Waals surface area contributed by atoms with Gasteiger partial charge in [0.2, 0.25) is 0 Å². The number of aryl methyl sites for hydroxylation is 1. The molecular formula is C16H22N2O2. The molecule has 1 aromatic carbocycles. The van der Waals surface area contributed by atoms with Gasteiger partial charge >= 0.3 is 5.97 Å². The molecule has 1 N–H and O–H groups in total. The van der Waals surface area contributed by atoms with Crippen molar-refractivity contribution in [3.05, 3.63) is 29.6 Å². The average Bonchev–Trinajstić information content (AvgIpc) is 2.85. The zero-order valence-corrected chi connectivity index (χ0v) is 12.6. The molecular weight excluding hydrogens is 252 g/mol. The first kappa shape index (κ1) is 14.6. The number of benzene rings is 1. The number of nitrogens with zero attached hydrogens (tertiary/aromatic N) is 2. The lowest BCUT2D eigenvalue weighted by Crippen LogP contribution is -2.30. The van der Waals surface area contributed by atoms with Gasteiger partial charge in [0.25, 0.3) is 0 Å². The summed E-state index contributed by atoms with van der Waals surface area (Å²) in [7, 11) is 0. The highest BCUT2D eigenvalue weighted by Crippen LogP contribution is 2.32. The number of carbonyl (C=O) groups is 1. The molecule has 0 bridgehead atoms. The number of aromatic carboxylic acids is 1. The molecule has 1 aromatic heterocycles. The maximum atomic E-state index is 11.4. The van der Waals surface area contributed by atoms with Crippen molar-refractivity contribution in [3.63, 3.8) is 0 Å². The molecule has 0 aliphatic carbocycles. The Morgan fingerprint density at radius 2 is 1.95 bits per heavy atom. The van der Waals surface area contributed by atoms with Crippen LogP contribution in [0.25, 0.3) is 11.0 Å². The summed E-state index contributed by atoms with van der Waals surface area (Å²) >= 11 is 0. The lowest BCUT2D eigenvalue weighted by atomic mass is 9.94. The molecule has 2 aromatic rings. The Bertz CT molecular complexity index is 639. The van der Waals surface area contributed by atoms with Crippen molar-refractivity contribution in [2.24, 2.45) is 0 Å². The van der Waals surface area contributed by atoms with Gasteiger partial charge in [0, 0.05) is 12.0 Å². The van der Waals surface area contributed by atoms with Gasteiger partial charge in [0.15, 0.2) is 0 Å². The lowest BCUT2D eigenvalue weighted by Gasteiger charge is -2.31. The van der Waals surface area contributed by atoms with Gasteiger partial charge in [-0.2, -0.15) is 0 Å². The summed E-state index contributed by atoms with van der Waals surface area (Å²) in [5, 5.41) is 9.32. The van der Waals surface area contributed by atoms with E-state index in [9.17, 15) is 9.90 Å². The number of aromatic nitrogens is 2. The Hall–Kier alpha value is -1.84. The molecule has 0 fully saturated rings. The Morgan fingerprint density at radius 1 is 1.30 bits per heavy atom. The Balaban J connectivity index is 2.83. The van der Waals surface area contributed by atoms with Crippen LogP contribution in [-0.2, 0) is 12.0 Å². The van der Waals surface area contributed by atoms with Gasteiger partial charge in [-0.15, -0.1) is 0 Å². The van der Waals surface area contributed by atoms with E-state index in [1.807, 2.05) is 6.07 Å². The first-order chi connectivity index (χ1) is 9.48. The summed E-state index contributed by atoms with van der Waals surface area (Å²) in [6.07, 6.45) is 2.77. The quantitative estimate of drug-likeness (QED) is 0.901. The fraction of sp³-hybridized carbons (Fsp3) is 0.500. The molecule has 20 heavy (non-hydrogen) atoms. The molecule has 108 valence electrons. The molecule has 0 saturated heterocycles. The van der Waals surface area contributed by atoms with Crippen molar-refractivity contribution in [2.75, 3.05) is 0 Å². The van der Waals surface area contributed by atoms with E-state index in [1.54, 1.807) is 12.1 Å². The summed E-state index contributed by atoms with van der Waals surface area (Å²) in [6, 6.07) is 5.39. The van der Waals surface area contributed by atoms with Crippen molar-refractivity contribution in [1.82, 2.24) is 9.55 Å². The molecule has 0 atom stereocenters. The summed E-state index contributed by atoms with van der Waals surface area (Å²) in [6.45, 7) is 8.59. The first-order valence-electron chi connectivity index (χ1n) is 7.22. The summed E-state index contributed by atoms with van der Waals surface area (Å²) in [4.78, 5) is 16.0. The normalized spacial score (nSPS) is 12.0. The minimum atomic E-state index is -0.919. The number of para-hydroxylation sites is 1. The first-order valence-corrected chi connectivity index (χ1v) is 7.22. The Morgan fingerprint density at radius 3 is 2.45 bits per heavy atom. The number of hydrogen-bond acceptors (Lipinski definition) is 2. The van der Waals surface area contributed by atoms with Gasteiger partial charge in [0.1, 0.15) is 11.3 Å². The van der Waals surface area contributed by atoms with E-state index in [1.165, 1.54) is 0 Å². The minimum Gasteiger partial charge on any atom is -0.478 e. The summed E-state index contributed by atoms with van der Waals surface area (Å²) in [5.41, 5.74) is 1.78. The van der Waals surface area contributed by atoms with Gasteiger partial charge in [0.05, 0.1) is 11.1 Å². The van der Waals surface area contributed by atoms with E-state index in [0.717, 1.165) is 30.6 Å². The second-order valence-electron chi connectivity index (χ2n) is 5.40. The topological polar surface area (TPSA) is 55.1 Å². The second kappa shape index (κ2) is 5.27. The highest BCUT2D eigenvalue weighted by atomic mass is 16.4. The Kier molecular flexibility index (Phi) is 3.84. The number of fused-ring (bicyclic) bond motifs is 1. The largest absolute Gasteiger partial charge is 0.478 e. The third-order valence-corrected chi connectivity index (χ3v) is 4.36. The van der Waals surface area contributed by atoms with Crippen LogP contribution in [0.3, 0.4) is 0 Å². The molecule has 0 unspecified atom stereocenters. The summed E-state index contributed by atoms with van der Waals surface area (Å²) in [5.74, 6) is 0.0394. The van der Waals surface area contributed by atoms with Crippen LogP contribution in [0.4, 0.5) is 0 Å². The highest BCUT2D eigenvalue weighted by molar-refractivity contribution is 6.01. The molecule has 1 heterocycles.